The van der Waals surface area contributed by atoms with Crippen LogP contribution in [0.4, 0.5) is 0 Å². The fourth-order valence-corrected chi connectivity index (χ4v) is 4.26. The number of amides is 1. The Morgan fingerprint density at radius 3 is 2.88 bits per heavy atom. The summed E-state index contributed by atoms with van der Waals surface area (Å²) < 4.78 is 5.66. The van der Waals surface area contributed by atoms with E-state index in [2.05, 4.69) is 27.7 Å². The van der Waals surface area contributed by atoms with E-state index in [1.165, 1.54) is 17.7 Å². The van der Waals surface area contributed by atoms with E-state index in [4.69, 9.17) is 10.5 Å². The summed E-state index contributed by atoms with van der Waals surface area (Å²) in [5.41, 5.74) is 5.60. The fourth-order valence-electron chi connectivity index (χ4n) is 3.52. The summed E-state index contributed by atoms with van der Waals surface area (Å²) in [5.74, 6) is 0.579. The Morgan fingerprint density at radius 2 is 2.20 bits per heavy atom. The highest BCUT2D eigenvalue weighted by molar-refractivity contribution is 7.09. The van der Waals surface area contributed by atoms with Gasteiger partial charge in [-0.3, -0.25) is 9.69 Å². The lowest BCUT2D eigenvalue weighted by Crippen LogP contribution is -2.43. The van der Waals surface area contributed by atoms with Gasteiger partial charge in [0, 0.05) is 31.1 Å². The molecule has 1 aromatic rings. The number of hydrogen-bond acceptors (Lipinski definition) is 5. The molecule has 0 saturated carbocycles. The third kappa shape index (κ3) is 6.70. The molecular formula is C17H29Cl2N3O2S. The molecule has 2 saturated heterocycles. The van der Waals surface area contributed by atoms with Crippen molar-refractivity contribution in [2.24, 2.45) is 11.7 Å². The second kappa shape index (κ2) is 11.4. The summed E-state index contributed by atoms with van der Waals surface area (Å²) in [7, 11) is 0. The van der Waals surface area contributed by atoms with Crippen molar-refractivity contribution < 1.29 is 9.53 Å². The second-order valence-corrected chi connectivity index (χ2v) is 7.66. The minimum atomic E-state index is -0.297. The van der Waals surface area contributed by atoms with Crippen molar-refractivity contribution in [1.82, 2.24) is 10.2 Å². The maximum Gasteiger partial charge on any atom is 0.249 e. The molecule has 0 aliphatic carbocycles. The van der Waals surface area contributed by atoms with Gasteiger partial charge in [-0.15, -0.1) is 36.2 Å². The molecule has 3 heterocycles. The fraction of sp³-hybridized carbons (Fsp3) is 0.706. The molecule has 0 spiro atoms. The first kappa shape index (κ1) is 22.7. The van der Waals surface area contributed by atoms with Crippen LogP contribution in [0.15, 0.2) is 17.5 Å². The lowest BCUT2D eigenvalue weighted by molar-refractivity contribution is -0.132. The normalized spacial score (nSPS) is 26.5. The van der Waals surface area contributed by atoms with Crippen LogP contribution < -0.4 is 11.1 Å². The number of ether oxygens (including phenoxy) is 1. The third-order valence-electron chi connectivity index (χ3n) is 4.79. The van der Waals surface area contributed by atoms with E-state index < -0.39 is 0 Å². The van der Waals surface area contributed by atoms with Gasteiger partial charge in [0.2, 0.25) is 5.91 Å². The zero-order valence-electron chi connectivity index (χ0n) is 14.4. The predicted molar refractivity (Wildman–Crippen MR) is 107 cm³/mol. The zero-order chi connectivity index (χ0) is 16.1. The minimum Gasteiger partial charge on any atom is -0.364 e. The molecule has 2 aliphatic rings. The van der Waals surface area contributed by atoms with Gasteiger partial charge in [0.15, 0.2) is 0 Å². The van der Waals surface area contributed by atoms with Crippen molar-refractivity contribution in [3.05, 3.63) is 22.4 Å². The summed E-state index contributed by atoms with van der Waals surface area (Å²) in [6.45, 7) is 4.52. The van der Waals surface area contributed by atoms with Crippen LogP contribution in [0.3, 0.4) is 0 Å². The number of thiophene rings is 1. The van der Waals surface area contributed by atoms with Gasteiger partial charge in [-0.1, -0.05) is 6.07 Å². The first-order chi connectivity index (χ1) is 11.2. The van der Waals surface area contributed by atoms with E-state index in [9.17, 15) is 4.79 Å². The number of hydrogen-bond donors (Lipinski definition) is 2. The van der Waals surface area contributed by atoms with Crippen molar-refractivity contribution in [3.63, 3.8) is 0 Å². The number of nitrogens with two attached hydrogens (primary N) is 1. The number of likely N-dealkylation sites (tertiary alicyclic amines) is 1. The molecule has 3 rings (SSSR count). The van der Waals surface area contributed by atoms with Gasteiger partial charge >= 0.3 is 0 Å². The average molecular weight is 410 g/mol. The van der Waals surface area contributed by atoms with Crippen LogP contribution >= 0.6 is 36.2 Å². The van der Waals surface area contributed by atoms with Crippen molar-refractivity contribution in [2.75, 3.05) is 26.2 Å². The topological polar surface area (TPSA) is 67.6 Å². The van der Waals surface area contributed by atoms with E-state index in [1.807, 2.05) is 11.3 Å². The number of halogens is 2. The van der Waals surface area contributed by atoms with Gasteiger partial charge < -0.3 is 15.8 Å². The summed E-state index contributed by atoms with van der Waals surface area (Å²) >= 11 is 1.82. The smallest absolute Gasteiger partial charge is 0.249 e. The first-order valence-corrected chi connectivity index (χ1v) is 9.50. The first-order valence-electron chi connectivity index (χ1n) is 8.62. The maximum atomic E-state index is 12.2. The van der Waals surface area contributed by atoms with Gasteiger partial charge in [-0.2, -0.15) is 0 Å². The Morgan fingerprint density at radius 1 is 1.36 bits per heavy atom. The van der Waals surface area contributed by atoms with E-state index in [0.29, 0.717) is 12.5 Å². The van der Waals surface area contributed by atoms with E-state index >= 15 is 0 Å². The van der Waals surface area contributed by atoms with E-state index in [0.717, 1.165) is 39.0 Å². The molecule has 3 N–H and O–H groups in total. The largest absolute Gasteiger partial charge is 0.364 e. The molecular weight excluding hydrogens is 381 g/mol. The highest BCUT2D eigenvalue weighted by Gasteiger charge is 2.30. The van der Waals surface area contributed by atoms with Crippen LogP contribution in [0, 0.1) is 5.92 Å². The standard InChI is InChI=1S/C17H27N3O2S.2ClH/c18-9-14-5-6-16(22-14)17(21)19-10-13-3-1-7-20(11-13)12-15-4-2-8-23-15;;/h2,4,8,13-14,16H,1,3,5-7,9-12,18H2,(H,19,21);2*1H/t13?,14-,16+;;/m1../s1. The molecule has 1 unspecified atom stereocenters. The second-order valence-electron chi connectivity index (χ2n) is 6.63. The Kier molecular flexibility index (Phi) is 10.3. The van der Waals surface area contributed by atoms with Gasteiger partial charge in [0.1, 0.15) is 6.10 Å². The van der Waals surface area contributed by atoms with Gasteiger partial charge in [0.05, 0.1) is 6.10 Å². The SMILES string of the molecule is Cl.Cl.NC[C@H]1CC[C@@H](C(=O)NCC2CCCN(Cc3cccs3)C2)O1. The summed E-state index contributed by atoms with van der Waals surface area (Å²) in [4.78, 5) is 16.1. The highest BCUT2D eigenvalue weighted by atomic mass is 35.5. The molecule has 5 nitrogen and oxygen atoms in total. The van der Waals surface area contributed by atoms with Gasteiger partial charge in [0.25, 0.3) is 0 Å². The average Bonchev–Trinajstić information content (AvgIpc) is 3.24. The Bertz CT molecular complexity index is 504. The van der Waals surface area contributed by atoms with Crippen LogP contribution in [0.2, 0.25) is 0 Å². The molecule has 3 atom stereocenters. The Balaban J connectivity index is 0.00000156. The molecule has 0 radical (unpaired) electrons. The maximum absolute atomic E-state index is 12.2. The number of carbonyl (C=O) groups excluding carboxylic acids is 1. The van der Waals surface area contributed by atoms with Crippen LogP contribution in [0.1, 0.15) is 30.6 Å². The highest BCUT2D eigenvalue weighted by Crippen LogP contribution is 2.21. The third-order valence-corrected chi connectivity index (χ3v) is 5.65. The zero-order valence-corrected chi connectivity index (χ0v) is 16.8. The number of carbonyl (C=O) groups is 1. The minimum absolute atomic E-state index is 0. The molecule has 0 aromatic carbocycles. The lowest BCUT2D eigenvalue weighted by Gasteiger charge is -2.32. The van der Waals surface area contributed by atoms with Crippen molar-refractivity contribution >= 4 is 42.1 Å². The number of nitrogens with zero attached hydrogens (tertiary/aromatic N) is 1. The molecule has 2 fully saturated rings. The van der Waals surface area contributed by atoms with E-state index in [-0.39, 0.29) is 42.9 Å². The number of piperidine rings is 1. The predicted octanol–water partition coefficient (Wildman–Crippen LogP) is 2.43. The summed E-state index contributed by atoms with van der Waals surface area (Å²) in [6, 6.07) is 4.30. The monoisotopic (exact) mass is 409 g/mol. The van der Waals surface area contributed by atoms with Gasteiger partial charge in [-0.25, -0.2) is 0 Å². The summed E-state index contributed by atoms with van der Waals surface area (Å²) in [5, 5.41) is 5.22. The molecule has 25 heavy (non-hydrogen) atoms. The number of nitrogens with one attached hydrogen (secondary N) is 1. The Labute approximate surface area is 166 Å². The van der Waals surface area contributed by atoms with Crippen molar-refractivity contribution in [1.29, 1.82) is 0 Å². The lowest BCUT2D eigenvalue weighted by atomic mass is 9.98. The molecule has 1 amide bonds. The molecule has 0 bridgehead atoms. The molecule has 2 aliphatic heterocycles. The Hall–Kier alpha value is -0.370. The van der Waals surface area contributed by atoms with Crippen LogP contribution in [0.25, 0.3) is 0 Å². The number of rotatable bonds is 6. The molecule has 1 aromatic heterocycles. The summed E-state index contributed by atoms with van der Waals surface area (Å²) in [6.07, 6.45) is 3.85. The quantitative estimate of drug-likeness (QED) is 0.756. The van der Waals surface area contributed by atoms with Crippen LogP contribution in [-0.2, 0) is 16.1 Å². The molecule has 8 heteroatoms. The van der Waals surface area contributed by atoms with Crippen molar-refractivity contribution in [2.45, 2.75) is 44.4 Å². The van der Waals surface area contributed by atoms with Gasteiger partial charge in [-0.05, 0) is 49.6 Å². The van der Waals surface area contributed by atoms with E-state index in [1.54, 1.807) is 0 Å². The molecule has 144 valence electrons. The van der Waals surface area contributed by atoms with Crippen LogP contribution in [0.5, 0.6) is 0 Å². The van der Waals surface area contributed by atoms with Crippen LogP contribution in [-0.4, -0.2) is 49.2 Å². The van der Waals surface area contributed by atoms with Crippen molar-refractivity contribution in [3.8, 4) is 0 Å².